The van der Waals surface area contributed by atoms with Gasteiger partial charge in [-0.3, -0.25) is 9.78 Å². The van der Waals surface area contributed by atoms with Crippen LogP contribution in [0, 0.1) is 0 Å². The molecule has 0 aliphatic rings. The van der Waals surface area contributed by atoms with Crippen LogP contribution in [0.1, 0.15) is 10.5 Å². The molecule has 106 valence electrons. The molecule has 0 radical (unpaired) electrons. The number of hydrogen-bond acceptors (Lipinski definition) is 3. The monoisotopic (exact) mass is 288 g/mol. The molecule has 0 aliphatic heterocycles. The van der Waals surface area contributed by atoms with Crippen LogP contribution in [0.25, 0.3) is 16.3 Å². The smallest absolute Gasteiger partial charge is 0.274 e. The second-order valence-corrected chi connectivity index (χ2v) is 4.95. The minimum atomic E-state index is -0.222. The molecule has 0 fully saturated rings. The molecule has 4 aromatic rings. The molecule has 3 aromatic heterocycles. The lowest BCUT2D eigenvalue weighted by Gasteiger charge is -2.07. The molecule has 0 unspecified atom stereocenters. The van der Waals surface area contributed by atoms with Crippen LogP contribution >= 0.6 is 0 Å². The van der Waals surface area contributed by atoms with Crippen LogP contribution in [-0.4, -0.2) is 20.5 Å². The summed E-state index contributed by atoms with van der Waals surface area (Å²) in [6.45, 7) is 0. The predicted molar refractivity (Wildman–Crippen MR) is 84.9 cm³/mol. The summed E-state index contributed by atoms with van der Waals surface area (Å²) in [5.74, 6) is -0.222. The van der Waals surface area contributed by atoms with Crippen molar-refractivity contribution in [3.8, 4) is 0 Å². The molecule has 5 nitrogen and oxygen atoms in total. The number of pyridine rings is 2. The van der Waals surface area contributed by atoms with Crippen LogP contribution < -0.4 is 5.32 Å². The third-order valence-electron chi connectivity index (χ3n) is 3.55. The maximum atomic E-state index is 12.5. The SMILES string of the molecule is O=C(Nc1ccn2nccc2c1)c1nccc2ccccc12. The fourth-order valence-electron chi connectivity index (χ4n) is 2.49. The van der Waals surface area contributed by atoms with Crippen LogP contribution in [0.2, 0.25) is 0 Å². The first-order valence-electron chi connectivity index (χ1n) is 6.90. The van der Waals surface area contributed by atoms with Gasteiger partial charge in [0.05, 0.1) is 5.52 Å². The number of nitrogens with zero attached hydrogens (tertiary/aromatic N) is 3. The van der Waals surface area contributed by atoms with Gasteiger partial charge in [-0.05, 0) is 29.7 Å². The number of fused-ring (bicyclic) bond motifs is 2. The molecule has 4 rings (SSSR count). The predicted octanol–water partition coefficient (Wildman–Crippen LogP) is 3.13. The zero-order valence-electron chi connectivity index (χ0n) is 11.6. The largest absolute Gasteiger partial charge is 0.321 e. The highest BCUT2D eigenvalue weighted by Crippen LogP contribution is 2.18. The molecule has 5 heteroatoms. The van der Waals surface area contributed by atoms with E-state index < -0.39 is 0 Å². The summed E-state index contributed by atoms with van der Waals surface area (Å²) >= 11 is 0. The summed E-state index contributed by atoms with van der Waals surface area (Å²) in [7, 11) is 0. The minimum Gasteiger partial charge on any atom is -0.321 e. The van der Waals surface area contributed by atoms with E-state index in [9.17, 15) is 4.79 Å². The van der Waals surface area contributed by atoms with Crippen molar-refractivity contribution in [1.29, 1.82) is 0 Å². The van der Waals surface area contributed by atoms with Gasteiger partial charge in [-0.2, -0.15) is 5.10 Å². The van der Waals surface area contributed by atoms with Gasteiger partial charge in [0, 0.05) is 29.7 Å². The van der Waals surface area contributed by atoms with E-state index in [4.69, 9.17) is 0 Å². The number of carbonyl (C=O) groups excluding carboxylic acids is 1. The van der Waals surface area contributed by atoms with Crippen molar-refractivity contribution < 1.29 is 4.79 Å². The highest BCUT2D eigenvalue weighted by molar-refractivity contribution is 6.11. The molecule has 1 aromatic carbocycles. The number of anilines is 1. The second-order valence-electron chi connectivity index (χ2n) is 4.95. The van der Waals surface area contributed by atoms with Crippen molar-refractivity contribution in [1.82, 2.24) is 14.6 Å². The van der Waals surface area contributed by atoms with Gasteiger partial charge in [-0.15, -0.1) is 0 Å². The van der Waals surface area contributed by atoms with Crippen molar-refractivity contribution in [2.75, 3.05) is 5.32 Å². The number of rotatable bonds is 2. The van der Waals surface area contributed by atoms with Crippen molar-refractivity contribution >= 4 is 27.9 Å². The van der Waals surface area contributed by atoms with Crippen LogP contribution in [-0.2, 0) is 0 Å². The fourth-order valence-corrected chi connectivity index (χ4v) is 2.49. The van der Waals surface area contributed by atoms with E-state index in [2.05, 4.69) is 15.4 Å². The highest BCUT2D eigenvalue weighted by atomic mass is 16.1. The van der Waals surface area contributed by atoms with Gasteiger partial charge in [-0.25, -0.2) is 4.52 Å². The van der Waals surface area contributed by atoms with Crippen LogP contribution in [0.3, 0.4) is 0 Å². The molecular weight excluding hydrogens is 276 g/mol. The highest BCUT2D eigenvalue weighted by Gasteiger charge is 2.11. The van der Waals surface area contributed by atoms with E-state index in [-0.39, 0.29) is 5.91 Å². The first-order chi connectivity index (χ1) is 10.8. The summed E-state index contributed by atoms with van der Waals surface area (Å²) in [5.41, 5.74) is 2.06. The summed E-state index contributed by atoms with van der Waals surface area (Å²) in [5, 5.41) is 8.85. The van der Waals surface area contributed by atoms with Crippen LogP contribution in [0.4, 0.5) is 5.69 Å². The Labute approximate surface area is 126 Å². The Morgan fingerprint density at radius 2 is 1.95 bits per heavy atom. The van der Waals surface area contributed by atoms with E-state index in [0.717, 1.165) is 16.3 Å². The molecule has 1 N–H and O–H groups in total. The van der Waals surface area contributed by atoms with Crippen molar-refractivity contribution in [3.05, 3.63) is 72.8 Å². The van der Waals surface area contributed by atoms with E-state index in [1.165, 1.54) is 0 Å². The topological polar surface area (TPSA) is 59.3 Å². The summed E-state index contributed by atoms with van der Waals surface area (Å²) in [6, 6.07) is 15.2. The number of hydrogen-bond donors (Lipinski definition) is 1. The number of aromatic nitrogens is 3. The lowest BCUT2D eigenvalue weighted by Crippen LogP contribution is -2.14. The normalized spacial score (nSPS) is 10.9. The van der Waals surface area contributed by atoms with Crippen LogP contribution in [0.15, 0.2) is 67.1 Å². The van der Waals surface area contributed by atoms with Gasteiger partial charge in [-0.1, -0.05) is 24.3 Å². The van der Waals surface area contributed by atoms with Gasteiger partial charge < -0.3 is 5.32 Å². The standard InChI is InChI=1S/C17H12N4O/c22-17(16-15-4-2-1-3-12(15)5-8-18-16)20-13-7-10-21-14(11-13)6-9-19-21/h1-11H,(H,20,22). The molecule has 0 bridgehead atoms. The first-order valence-corrected chi connectivity index (χ1v) is 6.90. The fraction of sp³-hybridized carbons (Fsp3) is 0. The number of carbonyl (C=O) groups is 1. The van der Waals surface area contributed by atoms with Crippen molar-refractivity contribution in [3.63, 3.8) is 0 Å². The second kappa shape index (κ2) is 4.96. The van der Waals surface area contributed by atoms with E-state index in [1.807, 2.05) is 54.7 Å². The zero-order valence-corrected chi connectivity index (χ0v) is 11.6. The van der Waals surface area contributed by atoms with Crippen molar-refractivity contribution in [2.24, 2.45) is 0 Å². The summed E-state index contributed by atoms with van der Waals surface area (Å²) in [4.78, 5) is 16.7. The Bertz CT molecular complexity index is 985. The van der Waals surface area contributed by atoms with E-state index >= 15 is 0 Å². The average Bonchev–Trinajstić information content (AvgIpc) is 3.02. The maximum absolute atomic E-state index is 12.5. The first kappa shape index (κ1) is 12.5. The molecule has 3 heterocycles. The van der Waals surface area contributed by atoms with E-state index in [1.54, 1.807) is 16.9 Å². The van der Waals surface area contributed by atoms with Gasteiger partial charge >= 0.3 is 0 Å². The molecule has 0 saturated heterocycles. The van der Waals surface area contributed by atoms with E-state index in [0.29, 0.717) is 11.4 Å². The lowest BCUT2D eigenvalue weighted by atomic mass is 10.1. The molecule has 0 atom stereocenters. The third kappa shape index (κ3) is 2.09. The molecule has 1 amide bonds. The number of benzene rings is 1. The Morgan fingerprint density at radius 3 is 2.91 bits per heavy atom. The molecule has 0 spiro atoms. The zero-order chi connectivity index (χ0) is 14.9. The lowest BCUT2D eigenvalue weighted by molar-refractivity contribution is 0.102. The number of amides is 1. The van der Waals surface area contributed by atoms with Gasteiger partial charge in [0.2, 0.25) is 0 Å². The summed E-state index contributed by atoms with van der Waals surface area (Å²) < 4.78 is 1.74. The molecule has 0 saturated carbocycles. The Morgan fingerprint density at radius 1 is 1.05 bits per heavy atom. The van der Waals surface area contributed by atoms with Crippen molar-refractivity contribution in [2.45, 2.75) is 0 Å². The van der Waals surface area contributed by atoms with Gasteiger partial charge in [0.25, 0.3) is 5.91 Å². The van der Waals surface area contributed by atoms with Gasteiger partial charge in [0.15, 0.2) is 0 Å². The Hall–Kier alpha value is -3.21. The molecule has 0 aliphatic carbocycles. The quantitative estimate of drug-likeness (QED) is 0.616. The maximum Gasteiger partial charge on any atom is 0.274 e. The minimum absolute atomic E-state index is 0.222. The number of nitrogens with one attached hydrogen (secondary N) is 1. The molecule has 22 heavy (non-hydrogen) atoms. The van der Waals surface area contributed by atoms with Crippen LogP contribution in [0.5, 0.6) is 0 Å². The third-order valence-corrected chi connectivity index (χ3v) is 3.55. The Balaban J connectivity index is 1.71. The Kier molecular flexibility index (Phi) is 2.83. The molecular formula is C17H12N4O. The van der Waals surface area contributed by atoms with Gasteiger partial charge in [0.1, 0.15) is 5.69 Å². The average molecular weight is 288 g/mol. The summed E-state index contributed by atoms with van der Waals surface area (Å²) in [6.07, 6.45) is 5.17.